The SMILES string of the molecule is CCOC(=O)c1nnn(CCC2CCCC2)c1C. The van der Waals surface area contributed by atoms with Crippen LogP contribution in [0.25, 0.3) is 0 Å². The van der Waals surface area contributed by atoms with E-state index in [0.717, 1.165) is 24.6 Å². The van der Waals surface area contributed by atoms with Crippen LogP contribution in [-0.2, 0) is 11.3 Å². The van der Waals surface area contributed by atoms with Gasteiger partial charge in [0, 0.05) is 6.54 Å². The summed E-state index contributed by atoms with van der Waals surface area (Å²) in [5.74, 6) is 0.446. The molecule has 0 amide bonds. The molecule has 0 saturated heterocycles. The largest absolute Gasteiger partial charge is 0.461 e. The van der Waals surface area contributed by atoms with Gasteiger partial charge in [0.1, 0.15) is 0 Å². The number of rotatable bonds is 5. The third-order valence-electron chi connectivity index (χ3n) is 3.68. The predicted octanol–water partition coefficient (Wildman–Crippen LogP) is 2.34. The third kappa shape index (κ3) is 2.89. The maximum absolute atomic E-state index is 11.6. The Bertz CT molecular complexity index is 408. The van der Waals surface area contributed by atoms with Crippen LogP contribution in [0.5, 0.6) is 0 Å². The smallest absolute Gasteiger partial charge is 0.360 e. The minimum atomic E-state index is -0.373. The highest BCUT2D eigenvalue weighted by Crippen LogP contribution is 2.27. The first-order chi connectivity index (χ1) is 8.72. The molecule has 1 aromatic heterocycles. The topological polar surface area (TPSA) is 57.0 Å². The number of hydrogen-bond acceptors (Lipinski definition) is 4. The highest BCUT2D eigenvalue weighted by molar-refractivity contribution is 5.88. The lowest BCUT2D eigenvalue weighted by Crippen LogP contribution is -2.09. The zero-order chi connectivity index (χ0) is 13.0. The molecule has 0 bridgehead atoms. The number of aromatic nitrogens is 3. The first-order valence-corrected chi connectivity index (χ1v) is 6.79. The van der Waals surface area contributed by atoms with Crippen molar-refractivity contribution >= 4 is 5.97 Å². The van der Waals surface area contributed by atoms with E-state index in [1.807, 2.05) is 11.6 Å². The second kappa shape index (κ2) is 5.98. The highest BCUT2D eigenvalue weighted by atomic mass is 16.5. The van der Waals surface area contributed by atoms with Crippen LogP contribution in [0.15, 0.2) is 0 Å². The van der Waals surface area contributed by atoms with Crippen LogP contribution in [0.2, 0.25) is 0 Å². The average molecular weight is 251 g/mol. The lowest BCUT2D eigenvalue weighted by atomic mass is 10.0. The molecule has 0 unspecified atom stereocenters. The van der Waals surface area contributed by atoms with Crippen molar-refractivity contribution in [3.63, 3.8) is 0 Å². The fourth-order valence-corrected chi connectivity index (χ4v) is 2.56. The van der Waals surface area contributed by atoms with Gasteiger partial charge in [0.2, 0.25) is 0 Å². The summed E-state index contributed by atoms with van der Waals surface area (Å²) in [7, 11) is 0. The van der Waals surface area contributed by atoms with Crippen molar-refractivity contribution in [1.29, 1.82) is 0 Å². The molecule has 1 fully saturated rings. The Morgan fingerprint density at radius 1 is 1.44 bits per heavy atom. The van der Waals surface area contributed by atoms with E-state index in [9.17, 15) is 4.79 Å². The van der Waals surface area contributed by atoms with Gasteiger partial charge in [0.25, 0.3) is 0 Å². The van der Waals surface area contributed by atoms with Crippen LogP contribution >= 0.6 is 0 Å². The molecule has 1 aliphatic rings. The van der Waals surface area contributed by atoms with Crippen molar-refractivity contribution in [3.8, 4) is 0 Å². The van der Waals surface area contributed by atoms with Crippen molar-refractivity contribution in [1.82, 2.24) is 15.0 Å². The third-order valence-corrected chi connectivity index (χ3v) is 3.68. The number of nitrogens with zero attached hydrogens (tertiary/aromatic N) is 3. The molecule has 0 radical (unpaired) electrons. The summed E-state index contributed by atoms with van der Waals surface area (Å²) in [5.41, 5.74) is 1.16. The Morgan fingerprint density at radius 2 is 2.17 bits per heavy atom. The van der Waals surface area contributed by atoms with Crippen molar-refractivity contribution in [3.05, 3.63) is 11.4 Å². The normalized spacial score (nSPS) is 16.1. The number of aryl methyl sites for hydroxylation is 1. The Kier molecular flexibility index (Phi) is 4.33. The fraction of sp³-hybridized carbons (Fsp3) is 0.769. The van der Waals surface area contributed by atoms with Crippen LogP contribution < -0.4 is 0 Å². The van der Waals surface area contributed by atoms with Crippen molar-refractivity contribution in [2.24, 2.45) is 5.92 Å². The van der Waals surface area contributed by atoms with E-state index >= 15 is 0 Å². The molecule has 1 aromatic rings. The lowest BCUT2D eigenvalue weighted by molar-refractivity contribution is 0.0518. The van der Waals surface area contributed by atoms with E-state index in [4.69, 9.17) is 4.74 Å². The summed E-state index contributed by atoms with van der Waals surface area (Å²) in [6, 6.07) is 0. The molecule has 0 spiro atoms. The van der Waals surface area contributed by atoms with E-state index in [-0.39, 0.29) is 5.97 Å². The van der Waals surface area contributed by atoms with Gasteiger partial charge in [0.05, 0.1) is 12.3 Å². The van der Waals surface area contributed by atoms with Gasteiger partial charge in [-0.1, -0.05) is 30.9 Å². The zero-order valence-electron chi connectivity index (χ0n) is 11.2. The maximum Gasteiger partial charge on any atom is 0.360 e. The molecule has 1 saturated carbocycles. The van der Waals surface area contributed by atoms with Gasteiger partial charge >= 0.3 is 5.97 Å². The molecular weight excluding hydrogens is 230 g/mol. The zero-order valence-corrected chi connectivity index (χ0v) is 11.2. The average Bonchev–Trinajstić information content (AvgIpc) is 2.96. The maximum atomic E-state index is 11.6. The van der Waals surface area contributed by atoms with Gasteiger partial charge in [-0.05, 0) is 26.2 Å². The van der Waals surface area contributed by atoms with Crippen LogP contribution in [0.3, 0.4) is 0 Å². The quantitative estimate of drug-likeness (QED) is 0.754. The first kappa shape index (κ1) is 13.1. The van der Waals surface area contributed by atoms with Gasteiger partial charge in [0.15, 0.2) is 5.69 Å². The number of carbonyl (C=O) groups excluding carboxylic acids is 1. The molecular formula is C13H21N3O2. The van der Waals surface area contributed by atoms with E-state index in [1.54, 1.807) is 6.92 Å². The Labute approximate surface area is 108 Å². The highest BCUT2D eigenvalue weighted by Gasteiger charge is 2.19. The minimum absolute atomic E-state index is 0.350. The summed E-state index contributed by atoms with van der Waals surface area (Å²) >= 11 is 0. The van der Waals surface area contributed by atoms with Gasteiger partial charge in [-0.15, -0.1) is 5.10 Å². The second-order valence-electron chi connectivity index (χ2n) is 4.91. The van der Waals surface area contributed by atoms with Gasteiger partial charge in [-0.2, -0.15) is 0 Å². The molecule has 1 heterocycles. The Morgan fingerprint density at radius 3 is 2.83 bits per heavy atom. The molecule has 5 heteroatoms. The van der Waals surface area contributed by atoms with E-state index in [0.29, 0.717) is 12.3 Å². The summed E-state index contributed by atoms with van der Waals surface area (Å²) < 4.78 is 6.77. The molecule has 0 aliphatic heterocycles. The number of hydrogen-bond donors (Lipinski definition) is 0. The summed E-state index contributed by atoms with van der Waals surface area (Å²) in [4.78, 5) is 11.6. The van der Waals surface area contributed by atoms with E-state index < -0.39 is 0 Å². The monoisotopic (exact) mass is 251 g/mol. The molecule has 1 aliphatic carbocycles. The number of esters is 1. The fourth-order valence-electron chi connectivity index (χ4n) is 2.56. The first-order valence-electron chi connectivity index (χ1n) is 6.79. The van der Waals surface area contributed by atoms with E-state index in [1.165, 1.54) is 25.7 Å². The minimum Gasteiger partial charge on any atom is -0.461 e. The summed E-state index contributed by atoms with van der Waals surface area (Å²) in [6.45, 7) is 4.88. The number of ether oxygens (including phenoxy) is 1. The molecule has 0 N–H and O–H groups in total. The van der Waals surface area contributed by atoms with Crippen LogP contribution in [0.4, 0.5) is 0 Å². The molecule has 100 valence electrons. The van der Waals surface area contributed by atoms with Gasteiger partial charge in [-0.3, -0.25) is 0 Å². The summed E-state index contributed by atoms with van der Waals surface area (Å²) in [5, 5.41) is 7.96. The molecule has 5 nitrogen and oxygen atoms in total. The van der Waals surface area contributed by atoms with Gasteiger partial charge < -0.3 is 4.74 Å². The Hall–Kier alpha value is -1.39. The number of carbonyl (C=O) groups is 1. The van der Waals surface area contributed by atoms with Crippen molar-refractivity contribution < 1.29 is 9.53 Å². The predicted molar refractivity (Wildman–Crippen MR) is 67.3 cm³/mol. The molecule has 0 atom stereocenters. The van der Waals surface area contributed by atoms with E-state index in [2.05, 4.69) is 10.3 Å². The van der Waals surface area contributed by atoms with Gasteiger partial charge in [-0.25, -0.2) is 9.48 Å². The Balaban J connectivity index is 1.94. The molecule has 0 aromatic carbocycles. The summed E-state index contributed by atoms with van der Waals surface area (Å²) in [6.07, 6.45) is 6.51. The van der Waals surface area contributed by atoms with Crippen LogP contribution in [-0.4, -0.2) is 27.6 Å². The molecule has 2 rings (SSSR count). The van der Waals surface area contributed by atoms with Crippen molar-refractivity contribution in [2.75, 3.05) is 6.61 Å². The lowest BCUT2D eigenvalue weighted by Gasteiger charge is -2.09. The van der Waals surface area contributed by atoms with Crippen LogP contribution in [0.1, 0.15) is 55.2 Å². The second-order valence-corrected chi connectivity index (χ2v) is 4.91. The van der Waals surface area contributed by atoms with Crippen LogP contribution in [0, 0.1) is 12.8 Å². The van der Waals surface area contributed by atoms with Crippen molar-refractivity contribution in [2.45, 2.75) is 52.5 Å². The standard InChI is InChI=1S/C13H21N3O2/c1-3-18-13(17)12-10(2)16(15-14-12)9-8-11-6-4-5-7-11/h11H,3-9H2,1-2H3. The molecule has 18 heavy (non-hydrogen) atoms.